The largest absolute Gasteiger partial charge is 0.0991 e. The van der Waals surface area contributed by atoms with E-state index in [2.05, 4.69) is 25.7 Å². The monoisotopic (exact) mass is 150 g/mol. The van der Waals surface area contributed by atoms with Crippen LogP contribution in [0.15, 0.2) is 36.0 Å². The first kappa shape index (κ1) is 10.2. The molecule has 0 aliphatic heterocycles. The average molecular weight is 150 g/mol. The van der Waals surface area contributed by atoms with Gasteiger partial charge in [0.05, 0.1) is 0 Å². The van der Waals surface area contributed by atoms with E-state index in [0.29, 0.717) is 0 Å². The van der Waals surface area contributed by atoms with Gasteiger partial charge in [0, 0.05) is 0 Å². The van der Waals surface area contributed by atoms with Gasteiger partial charge in [0.2, 0.25) is 0 Å². The predicted molar refractivity (Wildman–Crippen MR) is 52.6 cm³/mol. The second-order valence-corrected chi connectivity index (χ2v) is 2.60. The highest BCUT2D eigenvalue weighted by molar-refractivity contribution is 5.36. The molecule has 0 nitrogen and oxygen atoms in total. The van der Waals surface area contributed by atoms with Gasteiger partial charge >= 0.3 is 0 Å². The van der Waals surface area contributed by atoms with Gasteiger partial charge in [-0.25, -0.2) is 0 Å². The van der Waals surface area contributed by atoms with Gasteiger partial charge in [0.15, 0.2) is 0 Å². The molecule has 1 aliphatic carbocycles. The summed E-state index contributed by atoms with van der Waals surface area (Å²) in [5.74, 6) is 0. The Kier molecular flexibility index (Phi) is 4.60. The highest BCUT2D eigenvalue weighted by Gasteiger charge is 2.10. The van der Waals surface area contributed by atoms with E-state index in [-0.39, 0.29) is 7.43 Å². The maximum atomic E-state index is 3.69. The molecule has 0 radical (unpaired) electrons. The summed E-state index contributed by atoms with van der Waals surface area (Å²) >= 11 is 0. The molecule has 0 spiro atoms. The van der Waals surface area contributed by atoms with E-state index in [1.807, 2.05) is 6.08 Å². The fourth-order valence-corrected chi connectivity index (χ4v) is 1.45. The fourth-order valence-electron chi connectivity index (χ4n) is 1.45. The van der Waals surface area contributed by atoms with E-state index < -0.39 is 0 Å². The summed E-state index contributed by atoms with van der Waals surface area (Å²) in [6.07, 6.45) is 10.0. The molecular weight excluding hydrogens is 132 g/mol. The standard InChI is InChI=1S/C10H14.CH4/c1-3-6-10-8-5-7-9(10)4-2;/h3-4,6H,1,5,7-8H2,2H3;1H4/b9-4-,10-6-;. The average Bonchev–Trinajstić information content (AvgIpc) is 2.36. The van der Waals surface area contributed by atoms with E-state index >= 15 is 0 Å². The topological polar surface area (TPSA) is 0 Å². The lowest BCUT2D eigenvalue weighted by Crippen LogP contribution is -1.75. The van der Waals surface area contributed by atoms with Gasteiger partial charge in [-0.2, -0.15) is 0 Å². The molecule has 0 bridgehead atoms. The molecule has 11 heavy (non-hydrogen) atoms. The van der Waals surface area contributed by atoms with Crippen LogP contribution in [0.1, 0.15) is 33.6 Å². The van der Waals surface area contributed by atoms with Gasteiger partial charge in [-0.05, 0) is 37.3 Å². The van der Waals surface area contributed by atoms with E-state index in [0.717, 1.165) is 0 Å². The molecule has 0 heterocycles. The van der Waals surface area contributed by atoms with Gasteiger partial charge in [-0.15, -0.1) is 0 Å². The molecule has 0 N–H and O–H groups in total. The molecule has 1 aliphatic rings. The summed E-state index contributed by atoms with van der Waals surface area (Å²) in [6, 6.07) is 0. The van der Waals surface area contributed by atoms with Gasteiger partial charge in [-0.1, -0.05) is 32.2 Å². The molecular formula is C11H18. The first-order valence-corrected chi connectivity index (χ1v) is 3.85. The minimum atomic E-state index is 0. The van der Waals surface area contributed by atoms with Crippen molar-refractivity contribution in [3.05, 3.63) is 36.0 Å². The predicted octanol–water partition coefficient (Wildman–Crippen LogP) is 3.87. The SMILES string of the molecule is C.C=C/C=C1/CCC/C1=C/C. The Balaban J connectivity index is 0.000001000. The van der Waals surface area contributed by atoms with E-state index in [9.17, 15) is 0 Å². The smallest absolute Gasteiger partial charge is 0.0273 e. The summed E-state index contributed by atoms with van der Waals surface area (Å²) < 4.78 is 0. The van der Waals surface area contributed by atoms with E-state index in [1.54, 1.807) is 0 Å². The molecule has 0 heteroatoms. The Hall–Kier alpha value is -0.780. The number of rotatable bonds is 1. The molecule has 0 atom stereocenters. The van der Waals surface area contributed by atoms with Crippen molar-refractivity contribution in [1.29, 1.82) is 0 Å². The van der Waals surface area contributed by atoms with Crippen LogP contribution in [0.25, 0.3) is 0 Å². The van der Waals surface area contributed by atoms with Gasteiger partial charge in [-0.3, -0.25) is 0 Å². The van der Waals surface area contributed by atoms with Crippen molar-refractivity contribution in [2.75, 3.05) is 0 Å². The van der Waals surface area contributed by atoms with E-state index in [4.69, 9.17) is 0 Å². The van der Waals surface area contributed by atoms with Crippen LogP contribution in [-0.4, -0.2) is 0 Å². The van der Waals surface area contributed by atoms with Crippen molar-refractivity contribution in [3.63, 3.8) is 0 Å². The van der Waals surface area contributed by atoms with Gasteiger partial charge in [0.25, 0.3) is 0 Å². The Morgan fingerprint density at radius 2 is 1.91 bits per heavy atom. The summed E-state index contributed by atoms with van der Waals surface area (Å²) in [4.78, 5) is 0. The number of allylic oxidation sites excluding steroid dienone is 5. The zero-order valence-corrected chi connectivity index (χ0v) is 6.56. The summed E-state index contributed by atoms with van der Waals surface area (Å²) in [7, 11) is 0. The molecule has 0 unspecified atom stereocenters. The molecule has 1 fully saturated rings. The van der Waals surface area contributed by atoms with Gasteiger partial charge < -0.3 is 0 Å². The van der Waals surface area contributed by atoms with Crippen LogP contribution in [0.5, 0.6) is 0 Å². The lowest BCUT2D eigenvalue weighted by Gasteiger charge is -1.95. The second-order valence-electron chi connectivity index (χ2n) is 2.60. The van der Waals surface area contributed by atoms with Crippen molar-refractivity contribution in [1.82, 2.24) is 0 Å². The minimum absolute atomic E-state index is 0. The third kappa shape index (κ3) is 2.38. The van der Waals surface area contributed by atoms with Crippen LogP contribution < -0.4 is 0 Å². The normalized spacial score (nSPS) is 23.7. The molecule has 0 aromatic heterocycles. The maximum absolute atomic E-state index is 3.69. The Morgan fingerprint density at radius 3 is 2.45 bits per heavy atom. The highest BCUT2D eigenvalue weighted by Crippen LogP contribution is 2.29. The Labute approximate surface area is 70.3 Å². The van der Waals surface area contributed by atoms with Crippen LogP contribution >= 0.6 is 0 Å². The molecule has 1 saturated carbocycles. The van der Waals surface area contributed by atoms with Crippen molar-refractivity contribution in [3.8, 4) is 0 Å². The van der Waals surface area contributed by atoms with Crippen LogP contribution in [0.2, 0.25) is 0 Å². The highest BCUT2D eigenvalue weighted by atomic mass is 14.2. The zero-order valence-electron chi connectivity index (χ0n) is 6.56. The molecule has 62 valence electrons. The van der Waals surface area contributed by atoms with Crippen molar-refractivity contribution >= 4 is 0 Å². The second kappa shape index (κ2) is 4.95. The summed E-state index contributed by atoms with van der Waals surface area (Å²) in [6.45, 7) is 5.80. The van der Waals surface area contributed by atoms with Crippen LogP contribution in [0, 0.1) is 0 Å². The first-order chi connectivity index (χ1) is 4.88. The van der Waals surface area contributed by atoms with Gasteiger partial charge in [0.1, 0.15) is 0 Å². The van der Waals surface area contributed by atoms with Crippen LogP contribution in [-0.2, 0) is 0 Å². The van der Waals surface area contributed by atoms with Crippen LogP contribution in [0.4, 0.5) is 0 Å². The third-order valence-corrected chi connectivity index (χ3v) is 1.97. The van der Waals surface area contributed by atoms with Crippen molar-refractivity contribution in [2.45, 2.75) is 33.6 Å². The zero-order chi connectivity index (χ0) is 7.40. The Morgan fingerprint density at radius 1 is 1.27 bits per heavy atom. The lowest BCUT2D eigenvalue weighted by atomic mass is 10.1. The quantitative estimate of drug-likeness (QED) is 0.532. The minimum Gasteiger partial charge on any atom is -0.0991 e. The first-order valence-electron chi connectivity index (χ1n) is 3.85. The fraction of sp³-hybridized carbons (Fsp3) is 0.455. The molecule has 1 rings (SSSR count). The molecule has 0 aromatic rings. The van der Waals surface area contributed by atoms with Crippen LogP contribution in [0.3, 0.4) is 0 Å². The number of hydrogen-bond donors (Lipinski definition) is 0. The molecule has 0 amide bonds. The van der Waals surface area contributed by atoms with Crippen molar-refractivity contribution in [2.24, 2.45) is 0 Å². The molecule has 0 saturated heterocycles. The third-order valence-electron chi connectivity index (χ3n) is 1.97. The molecule has 0 aromatic carbocycles. The van der Waals surface area contributed by atoms with Crippen molar-refractivity contribution < 1.29 is 0 Å². The van der Waals surface area contributed by atoms with E-state index in [1.165, 1.54) is 30.4 Å². The maximum Gasteiger partial charge on any atom is -0.0273 e. The Bertz CT molecular complexity index is 182. The summed E-state index contributed by atoms with van der Waals surface area (Å²) in [5, 5.41) is 0. The number of hydrogen-bond acceptors (Lipinski definition) is 0. The lowest BCUT2D eigenvalue weighted by molar-refractivity contribution is 0.932. The summed E-state index contributed by atoms with van der Waals surface area (Å²) in [5.41, 5.74) is 3.00.